The molecule has 0 amide bonds. The van der Waals surface area contributed by atoms with Crippen molar-refractivity contribution >= 4 is 5.69 Å². The largest absolute Gasteiger partial charge is 0.490 e. The Balaban J connectivity index is 2.14. The smallest absolute Gasteiger partial charge is 0.163 e. The minimum atomic E-state index is 0.0961. The molecule has 1 aromatic carbocycles. The van der Waals surface area contributed by atoms with Gasteiger partial charge in [0.15, 0.2) is 11.5 Å². The predicted octanol–water partition coefficient (Wildman–Crippen LogP) is 2.27. The molecule has 106 valence electrons. The Morgan fingerprint density at radius 3 is 2.58 bits per heavy atom. The third-order valence-corrected chi connectivity index (χ3v) is 3.39. The van der Waals surface area contributed by atoms with Crippen LogP contribution in [0.1, 0.15) is 20.3 Å². The Bertz CT molecular complexity index is 432. The lowest BCUT2D eigenvalue weighted by Gasteiger charge is -2.30. The van der Waals surface area contributed by atoms with Gasteiger partial charge in [0.1, 0.15) is 0 Å². The molecule has 1 aromatic rings. The molecule has 0 atom stereocenters. The second-order valence-corrected chi connectivity index (χ2v) is 5.91. The van der Waals surface area contributed by atoms with E-state index in [2.05, 4.69) is 31.9 Å². The second kappa shape index (κ2) is 5.70. The quantitative estimate of drug-likeness (QED) is 0.906. The zero-order chi connectivity index (χ0) is 13.9. The van der Waals surface area contributed by atoms with Crippen LogP contribution in [0.15, 0.2) is 18.2 Å². The number of anilines is 1. The SMILES string of the molecule is CN(CC(C)(C)CN)c1ccc2c(c1)OCCCO2. The van der Waals surface area contributed by atoms with Gasteiger partial charge in [0, 0.05) is 31.8 Å². The molecule has 0 saturated heterocycles. The first-order valence-corrected chi connectivity index (χ1v) is 6.83. The van der Waals surface area contributed by atoms with Gasteiger partial charge >= 0.3 is 0 Å². The van der Waals surface area contributed by atoms with Crippen molar-refractivity contribution in [3.8, 4) is 11.5 Å². The molecular formula is C15H24N2O2. The first-order valence-electron chi connectivity index (χ1n) is 6.83. The van der Waals surface area contributed by atoms with Crippen molar-refractivity contribution in [3.63, 3.8) is 0 Å². The van der Waals surface area contributed by atoms with Gasteiger partial charge in [0.2, 0.25) is 0 Å². The number of nitrogens with two attached hydrogens (primary N) is 1. The summed E-state index contributed by atoms with van der Waals surface area (Å²) in [5.74, 6) is 1.68. The molecular weight excluding hydrogens is 240 g/mol. The number of rotatable bonds is 4. The van der Waals surface area contributed by atoms with Crippen LogP contribution in [-0.4, -0.2) is 33.4 Å². The van der Waals surface area contributed by atoms with Gasteiger partial charge in [0.25, 0.3) is 0 Å². The van der Waals surface area contributed by atoms with Gasteiger partial charge in [-0.05, 0) is 24.1 Å². The third kappa shape index (κ3) is 3.53. The van der Waals surface area contributed by atoms with Crippen LogP contribution in [0, 0.1) is 5.41 Å². The highest BCUT2D eigenvalue weighted by atomic mass is 16.5. The van der Waals surface area contributed by atoms with Crippen molar-refractivity contribution < 1.29 is 9.47 Å². The predicted molar refractivity (Wildman–Crippen MR) is 78.2 cm³/mol. The molecule has 4 heteroatoms. The summed E-state index contributed by atoms with van der Waals surface area (Å²) in [4.78, 5) is 2.21. The number of hydrogen-bond acceptors (Lipinski definition) is 4. The lowest BCUT2D eigenvalue weighted by atomic mass is 9.93. The summed E-state index contributed by atoms with van der Waals surface area (Å²) in [6, 6.07) is 6.11. The molecule has 0 unspecified atom stereocenters. The molecule has 0 spiro atoms. The topological polar surface area (TPSA) is 47.7 Å². The highest BCUT2D eigenvalue weighted by molar-refractivity contribution is 5.56. The molecule has 0 aromatic heterocycles. The summed E-state index contributed by atoms with van der Waals surface area (Å²) in [5.41, 5.74) is 7.02. The zero-order valence-electron chi connectivity index (χ0n) is 12.1. The van der Waals surface area contributed by atoms with Gasteiger partial charge in [-0.15, -0.1) is 0 Å². The first-order chi connectivity index (χ1) is 9.02. The number of benzene rings is 1. The average molecular weight is 264 g/mol. The monoisotopic (exact) mass is 264 g/mol. The molecule has 1 aliphatic heterocycles. The van der Waals surface area contributed by atoms with Crippen LogP contribution in [-0.2, 0) is 0 Å². The molecule has 1 heterocycles. The Labute approximate surface area is 115 Å². The van der Waals surface area contributed by atoms with Crippen molar-refractivity contribution in [2.45, 2.75) is 20.3 Å². The molecule has 2 rings (SSSR count). The van der Waals surface area contributed by atoms with E-state index in [0.29, 0.717) is 13.2 Å². The zero-order valence-corrected chi connectivity index (χ0v) is 12.1. The third-order valence-electron chi connectivity index (χ3n) is 3.39. The number of fused-ring (bicyclic) bond motifs is 1. The Morgan fingerprint density at radius 2 is 1.89 bits per heavy atom. The van der Waals surface area contributed by atoms with Gasteiger partial charge in [-0.2, -0.15) is 0 Å². The molecule has 1 aliphatic rings. The number of nitrogens with zero attached hydrogens (tertiary/aromatic N) is 1. The molecule has 0 fully saturated rings. The van der Waals surface area contributed by atoms with Crippen molar-refractivity contribution in [1.29, 1.82) is 0 Å². The number of hydrogen-bond donors (Lipinski definition) is 1. The second-order valence-electron chi connectivity index (χ2n) is 5.91. The van der Waals surface area contributed by atoms with Gasteiger partial charge in [0.05, 0.1) is 13.2 Å². The highest BCUT2D eigenvalue weighted by Crippen LogP contribution is 2.34. The maximum Gasteiger partial charge on any atom is 0.163 e. The summed E-state index contributed by atoms with van der Waals surface area (Å²) < 4.78 is 11.4. The highest BCUT2D eigenvalue weighted by Gasteiger charge is 2.19. The van der Waals surface area contributed by atoms with E-state index in [1.807, 2.05) is 12.1 Å². The van der Waals surface area contributed by atoms with E-state index in [1.165, 1.54) is 0 Å². The Hall–Kier alpha value is -1.42. The Morgan fingerprint density at radius 1 is 1.21 bits per heavy atom. The van der Waals surface area contributed by atoms with E-state index in [9.17, 15) is 0 Å². The molecule has 0 aliphatic carbocycles. The summed E-state index contributed by atoms with van der Waals surface area (Å²) in [5, 5.41) is 0. The van der Waals surface area contributed by atoms with Gasteiger partial charge in [-0.3, -0.25) is 0 Å². The maximum atomic E-state index is 5.79. The minimum absolute atomic E-state index is 0.0961. The van der Waals surface area contributed by atoms with Crippen LogP contribution in [0.3, 0.4) is 0 Å². The summed E-state index contributed by atoms with van der Waals surface area (Å²) in [6.45, 7) is 7.36. The summed E-state index contributed by atoms with van der Waals surface area (Å²) in [7, 11) is 2.08. The van der Waals surface area contributed by atoms with Crippen LogP contribution < -0.4 is 20.1 Å². The first kappa shape index (κ1) is 14.0. The lowest BCUT2D eigenvalue weighted by Crippen LogP contribution is -2.36. The summed E-state index contributed by atoms with van der Waals surface area (Å²) in [6.07, 6.45) is 0.931. The lowest BCUT2D eigenvalue weighted by molar-refractivity contribution is 0.297. The number of ether oxygens (including phenoxy) is 2. The molecule has 0 radical (unpaired) electrons. The van der Waals surface area contributed by atoms with Gasteiger partial charge in [-0.25, -0.2) is 0 Å². The molecule has 0 bridgehead atoms. The van der Waals surface area contributed by atoms with Crippen LogP contribution in [0.2, 0.25) is 0 Å². The van der Waals surface area contributed by atoms with Crippen molar-refractivity contribution in [1.82, 2.24) is 0 Å². The maximum absolute atomic E-state index is 5.79. The van der Waals surface area contributed by atoms with Gasteiger partial charge < -0.3 is 20.1 Å². The van der Waals surface area contributed by atoms with E-state index in [-0.39, 0.29) is 5.41 Å². The minimum Gasteiger partial charge on any atom is -0.490 e. The van der Waals surface area contributed by atoms with E-state index in [4.69, 9.17) is 15.2 Å². The van der Waals surface area contributed by atoms with E-state index in [0.717, 1.165) is 36.8 Å². The van der Waals surface area contributed by atoms with Crippen LogP contribution in [0.25, 0.3) is 0 Å². The molecule has 0 saturated carbocycles. The normalized spacial score (nSPS) is 14.9. The van der Waals surface area contributed by atoms with Crippen LogP contribution in [0.5, 0.6) is 11.5 Å². The summed E-state index contributed by atoms with van der Waals surface area (Å²) >= 11 is 0. The fourth-order valence-electron chi connectivity index (χ4n) is 2.19. The van der Waals surface area contributed by atoms with E-state index < -0.39 is 0 Å². The fourth-order valence-corrected chi connectivity index (χ4v) is 2.19. The van der Waals surface area contributed by atoms with Crippen molar-refractivity contribution in [2.24, 2.45) is 11.1 Å². The van der Waals surface area contributed by atoms with Crippen LogP contribution >= 0.6 is 0 Å². The van der Waals surface area contributed by atoms with Crippen molar-refractivity contribution in [2.75, 3.05) is 38.3 Å². The fraction of sp³-hybridized carbons (Fsp3) is 0.600. The van der Waals surface area contributed by atoms with Crippen molar-refractivity contribution in [3.05, 3.63) is 18.2 Å². The van der Waals surface area contributed by atoms with Gasteiger partial charge in [-0.1, -0.05) is 13.8 Å². The average Bonchev–Trinajstić information content (AvgIpc) is 2.62. The van der Waals surface area contributed by atoms with E-state index >= 15 is 0 Å². The van der Waals surface area contributed by atoms with E-state index in [1.54, 1.807) is 0 Å². The molecule has 4 nitrogen and oxygen atoms in total. The standard InChI is InChI=1S/C15H24N2O2/c1-15(2,10-16)11-17(3)12-5-6-13-14(9-12)19-8-4-7-18-13/h5-6,9H,4,7-8,10-11,16H2,1-3H3. The Kier molecular flexibility index (Phi) is 4.20. The molecule has 19 heavy (non-hydrogen) atoms. The van der Waals surface area contributed by atoms with Crippen LogP contribution in [0.4, 0.5) is 5.69 Å². The molecule has 2 N–H and O–H groups in total.